The van der Waals surface area contributed by atoms with Crippen LogP contribution in [0.5, 0.6) is 0 Å². The molecule has 1 N–H and O–H groups in total. The normalized spacial score (nSPS) is 18.4. The van der Waals surface area contributed by atoms with Crippen LogP contribution in [0, 0.1) is 6.92 Å². The SMILES string of the molecule is Cc1nc(C2CCOC2)cc(N(C)Cc2ccn[nH]2)n1. The number of aryl methyl sites for hydroxylation is 1. The number of hydrogen-bond acceptors (Lipinski definition) is 5. The third-order valence-electron chi connectivity index (χ3n) is 3.55. The molecule has 0 radical (unpaired) electrons. The van der Waals surface area contributed by atoms with Gasteiger partial charge in [-0.1, -0.05) is 0 Å². The molecule has 1 fully saturated rings. The second-order valence-corrected chi connectivity index (χ2v) is 5.20. The molecular weight excluding hydrogens is 254 g/mol. The number of aromatic amines is 1. The Balaban J connectivity index is 1.81. The number of anilines is 1. The summed E-state index contributed by atoms with van der Waals surface area (Å²) in [6.07, 6.45) is 2.80. The lowest BCUT2D eigenvalue weighted by Gasteiger charge is -2.19. The Morgan fingerprint density at radius 1 is 1.45 bits per heavy atom. The summed E-state index contributed by atoms with van der Waals surface area (Å²) in [5, 5.41) is 6.93. The molecule has 106 valence electrons. The first-order chi connectivity index (χ1) is 9.72. The number of hydrogen-bond donors (Lipinski definition) is 1. The zero-order valence-corrected chi connectivity index (χ0v) is 11.8. The lowest BCUT2D eigenvalue weighted by atomic mass is 10.0. The van der Waals surface area contributed by atoms with Crippen LogP contribution in [0.15, 0.2) is 18.3 Å². The molecule has 1 aliphatic heterocycles. The average Bonchev–Trinajstić information content (AvgIpc) is 3.11. The predicted octanol–water partition coefficient (Wildman–Crippen LogP) is 1.65. The highest BCUT2D eigenvalue weighted by atomic mass is 16.5. The van der Waals surface area contributed by atoms with E-state index in [9.17, 15) is 0 Å². The van der Waals surface area contributed by atoms with Crippen LogP contribution in [0.25, 0.3) is 0 Å². The Morgan fingerprint density at radius 2 is 2.35 bits per heavy atom. The van der Waals surface area contributed by atoms with Crippen molar-refractivity contribution in [2.45, 2.75) is 25.8 Å². The van der Waals surface area contributed by atoms with Crippen LogP contribution < -0.4 is 4.90 Å². The van der Waals surface area contributed by atoms with Crippen LogP contribution in [0.3, 0.4) is 0 Å². The third kappa shape index (κ3) is 2.80. The van der Waals surface area contributed by atoms with Crippen LogP contribution in [0.2, 0.25) is 0 Å². The second-order valence-electron chi connectivity index (χ2n) is 5.20. The van der Waals surface area contributed by atoms with Gasteiger partial charge in [-0.2, -0.15) is 5.10 Å². The summed E-state index contributed by atoms with van der Waals surface area (Å²) in [6, 6.07) is 4.04. The van der Waals surface area contributed by atoms with E-state index in [1.807, 2.05) is 20.0 Å². The van der Waals surface area contributed by atoms with Gasteiger partial charge >= 0.3 is 0 Å². The maximum atomic E-state index is 5.45. The molecule has 0 bridgehead atoms. The molecule has 0 spiro atoms. The maximum Gasteiger partial charge on any atom is 0.132 e. The minimum Gasteiger partial charge on any atom is -0.381 e. The Hall–Kier alpha value is -1.95. The molecule has 6 nitrogen and oxygen atoms in total. The number of nitrogens with one attached hydrogen (secondary N) is 1. The van der Waals surface area contributed by atoms with Crippen LogP contribution in [-0.4, -0.2) is 40.4 Å². The lowest BCUT2D eigenvalue weighted by molar-refractivity contribution is 0.193. The lowest BCUT2D eigenvalue weighted by Crippen LogP contribution is -2.19. The number of nitrogens with zero attached hydrogens (tertiary/aromatic N) is 4. The molecule has 20 heavy (non-hydrogen) atoms. The molecule has 0 aromatic carbocycles. The maximum absolute atomic E-state index is 5.45. The smallest absolute Gasteiger partial charge is 0.132 e. The molecule has 0 saturated carbocycles. The van der Waals surface area contributed by atoms with Crippen molar-refractivity contribution in [2.24, 2.45) is 0 Å². The van der Waals surface area contributed by atoms with Gasteiger partial charge in [0.05, 0.1) is 24.5 Å². The first kappa shape index (κ1) is 13.1. The average molecular weight is 273 g/mol. The second kappa shape index (κ2) is 5.58. The first-order valence-electron chi connectivity index (χ1n) is 6.85. The van der Waals surface area contributed by atoms with Gasteiger partial charge in [0.15, 0.2) is 0 Å². The summed E-state index contributed by atoms with van der Waals surface area (Å²) in [4.78, 5) is 11.2. The van der Waals surface area contributed by atoms with Crippen molar-refractivity contribution < 1.29 is 4.74 Å². The van der Waals surface area contributed by atoms with E-state index < -0.39 is 0 Å². The van der Waals surface area contributed by atoms with Crippen molar-refractivity contribution in [3.05, 3.63) is 35.5 Å². The fourth-order valence-corrected chi connectivity index (χ4v) is 2.46. The van der Waals surface area contributed by atoms with Gasteiger partial charge in [0, 0.05) is 31.8 Å². The summed E-state index contributed by atoms with van der Waals surface area (Å²) in [6.45, 7) is 4.27. The molecule has 0 amide bonds. The van der Waals surface area contributed by atoms with Gasteiger partial charge in [-0.25, -0.2) is 9.97 Å². The van der Waals surface area contributed by atoms with Gasteiger partial charge < -0.3 is 9.64 Å². The highest BCUT2D eigenvalue weighted by Crippen LogP contribution is 2.26. The zero-order valence-electron chi connectivity index (χ0n) is 11.8. The molecule has 6 heteroatoms. The monoisotopic (exact) mass is 273 g/mol. The highest BCUT2D eigenvalue weighted by Gasteiger charge is 2.20. The van der Waals surface area contributed by atoms with E-state index in [-0.39, 0.29) is 0 Å². The summed E-state index contributed by atoms with van der Waals surface area (Å²) >= 11 is 0. The molecule has 1 saturated heterocycles. The Bertz CT molecular complexity index is 563. The standard InChI is InChI=1S/C14H19N5O/c1-10-16-13(11-4-6-20-9-11)7-14(17-10)19(2)8-12-3-5-15-18-12/h3,5,7,11H,4,6,8-9H2,1-2H3,(H,15,18). The largest absolute Gasteiger partial charge is 0.381 e. The minimum absolute atomic E-state index is 0.399. The van der Waals surface area contributed by atoms with Crippen molar-refractivity contribution >= 4 is 5.82 Å². The number of aromatic nitrogens is 4. The summed E-state index contributed by atoms with van der Waals surface area (Å²) in [5.74, 6) is 2.14. The van der Waals surface area contributed by atoms with E-state index in [0.717, 1.165) is 49.2 Å². The molecule has 1 unspecified atom stereocenters. The highest BCUT2D eigenvalue weighted by molar-refractivity contribution is 5.40. The molecular formula is C14H19N5O. The first-order valence-corrected chi connectivity index (χ1v) is 6.85. The summed E-state index contributed by atoms with van der Waals surface area (Å²) < 4.78 is 5.45. The van der Waals surface area contributed by atoms with Crippen molar-refractivity contribution in [2.75, 3.05) is 25.2 Å². The molecule has 3 rings (SSSR count). The third-order valence-corrected chi connectivity index (χ3v) is 3.55. The van der Waals surface area contributed by atoms with E-state index in [4.69, 9.17) is 4.74 Å². The van der Waals surface area contributed by atoms with Crippen LogP contribution in [0.1, 0.15) is 29.6 Å². The van der Waals surface area contributed by atoms with Crippen LogP contribution >= 0.6 is 0 Å². The topological polar surface area (TPSA) is 66.9 Å². The zero-order chi connectivity index (χ0) is 13.9. The predicted molar refractivity (Wildman–Crippen MR) is 75.6 cm³/mol. The fraction of sp³-hybridized carbons (Fsp3) is 0.500. The van der Waals surface area contributed by atoms with Gasteiger partial charge in [-0.05, 0) is 19.4 Å². The van der Waals surface area contributed by atoms with E-state index in [0.29, 0.717) is 5.92 Å². The van der Waals surface area contributed by atoms with Crippen LogP contribution in [0.4, 0.5) is 5.82 Å². The van der Waals surface area contributed by atoms with Crippen molar-refractivity contribution in [3.8, 4) is 0 Å². The summed E-state index contributed by atoms with van der Waals surface area (Å²) in [7, 11) is 2.03. The molecule has 1 atom stereocenters. The summed E-state index contributed by atoms with van der Waals surface area (Å²) in [5.41, 5.74) is 2.15. The quantitative estimate of drug-likeness (QED) is 0.917. The van der Waals surface area contributed by atoms with E-state index in [2.05, 4.69) is 31.1 Å². The molecule has 2 aromatic heterocycles. The Kier molecular flexibility index (Phi) is 3.64. The van der Waals surface area contributed by atoms with Crippen molar-refractivity contribution in [1.29, 1.82) is 0 Å². The van der Waals surface area contributed by atoms with Gasteiger partial charge in [-0.15, -0.1) is 0 Å². The van der Waals surface area contributed by atoms with E-state index >= 15 is 0 Å². The van der Waals surface area contributed by atoms with Gasteiger partial charge in [0.1, 0.15) is 11.6 Å². The Morgan fingerprint density at radius 3 is 3.05 bits per heavy atom. The van der Waals surface area contributed by atoms with Crippen molar-refractivity contribution in [3.63, 3.8) is 0 Å². The van der Waals surface area contributed by atoms with Crippen LogP contribution in [-0.2, 0) is 11.3 Å². The van der Waals surface area contributed by atoms with E-state index in [1.165, 1.54) is 0 Å². The fourth-order valence-electron chi connectivity index (χ4n) is 2.46. The van der Waals surface area contributed by atoms with Gasteiger partial charge in [0.25, 0.3) is 0 Å². The molecule has 2 aromatic rings. The minimum atomic E-state index is 0.399. The molecule has 3 heterocycles. The van der Waals surface area contributed by atoms with Gasteiger partial charge in [0.2, 0.25) is 0 Å². The Labute approximate surface area is 118 Å². The number of rotatable bonds is 4. The number of ether oxygens (including phenoxy) is 1. The van der Waals surface area contributed by atoms with Gasteiger partial charge in [-0.3, -0.25) is 5.10 Å². The number of H-pyrrole nitrogens is 1. The molecule has 1 aliphatic rings. The molecule has 0 aliphatic carbocycles. The van der Waals surface area contributed by atoms with E-state index in [1.54, 1.807) is 6.20 Å². The van der Waals surface area contributed by atoms with Crippen molar-refractivity contribution in [1.82, 2.24) is 20.2 Å².